The SMILES string of the molecule is NCC#Cc1cc(COC2CCCCC2)ccc1F. The summed E-state index contributed by atoms with van der Waals surface area (Å²) >= 11 is 0. The average molecular weight is 261 g/mol. The van der Waals surface area contributed by atoms with E-state index in [2.05, 4.69) is 11.8 Å². The van der Waals surface area contributed by atoms with Crippen LogP contribution in [0, 0.1) is 17.7 Å². The van der Waals surface area contributed by atoms with E-state index in [0.29, 0.717) is 18.3 Å². The Morgan fingerprint density at radius 1 is 1.26 bits per heavy atom. The van der Waals surface area contributed by atoms with Gasteiger partial charge in [0.1, 0.15) is 5.82 Å². The monoisotopic (exact) mass is 261 g/mol. The Morgan fingerprint density at radius 2 is 2.05 bits per heavy atom. The Kier molecular flexibility index (Phi) is 5.38. The van der Waals surface area contributed by atoms with Crippen LogP contribution in [0.3, 0.4) is 0 Å². The van der Waals surface area contributed by atoms with Crippen LogP contribution in [0.2, 0.25) is 0 Å². The Hall–Kier alpha value is -1.37. The lowest BCUT2D eigenvalue weighted by Gasteiger charge is -2.22. The minimum Gasteiger partial charge on any atom is -0.374 e. The van der Waals surface area contributed by atoms with Crippen LogP contribution in [0.15, 0.2) is 18.2 Å². The van der Waals surface area contributed by atoms with Crippen molar-refractivity contribution in [1.82, 2.24) is 0 Å². The minimum atomic E-state index is -0.303. The van der Waals surface area contributed by atoms with E-state index in [0.717, 1.165) is 18.4 Å². The topological polar surface area (TPSA) is 35.2 Å². The first kappa shape index (κ1) is 14.0. The molecule has 0 heterocycles. The molecule has 0 saturated heterocycles. The Morgan fingerprint density at radius 3 is 2.79 bits per heavy atom. The van der Waals surface area contributed by atoms with Crippen LogP contribution < -0.4 is 5.73 Å². The molecule has 102 valence electrons. The Labute approximate surface area is 114 Å². The van der Waals surface area contributed by atoms with Crippen molar-refractivity contribution < 1.29 is 9.13 Å². The van der Waals surface area contributed by atoms with Crippen LogP contribution in [0.4, 0.5) is 4.39 Å². The van der Waals surface area contributed by atoms with E-state index >= 15 is 0 Å². The maximum Gasteiger partial charge on any atom is 0.138 e. The van der Waals surface area contributed by atoms with Gasteiger partial charge in [-0.05, 0) is 30.5 Å². The molecular weight excluding hydrogens is 241 g/mol. The fourth-order valence-electron chi connectivity index (χ4n) is 2.35. The lowest BCUT2D eigenvalue weighted by molar-refractivity contribution is 0.0168. The van der Waals surface area contributed by atoms with Crippen molar-refractivity contribution in [2.75, 3.05) is 6.54 Å². The highest BCUT2D eigenvalue weighted by Crippen LogP contribution is 2.21. The summed E-state index contributed by atoms with van der Waals surface area (Å²) in [5.41, 5.74) is 6.66. The third-order valence-electron chi connectivity index (χ3n) is 3.39. The second-order valence-electron chi connectivity index (χ2n) is 4.89. The van der Waals surface area contributed by atoms with Crippen LogP contribution in [0.5, 0.6) is 0 Å². The minimum absolute atomic E-state index is 0.238. The highest BCUT2D eigenvalue weighted by atomic mass is 19.1. The van der Waals surface area contributed by atoms with Gasteiger partial charge in [-0.1, -0.05) is 37.2 Å². The van der Waals surface area contributed by atoms with Gasteiger partial charge in [0.25, 0.3) is 0 Å². The summed E-state index contributed by atoms with van der Waals surface area (Å²) in [6.07, 6.45) is 6.46. The van der Waals surface area contributed by atoms with Gasteiger partial charge in [0.05, 0.1) is 24.8 Å². The molecule has 1 aliphatic rings. The van der Waals surface area contributed by atoms with Crippen LogP contribution in [-0.4, -0.2) is 12.6 Å². The Bertz CT molecular complexity index is 469. The molecule has 1 aromatic rings. The summed E-state index contributed by atoms with van der Waals surface area (Å²) in [5.74, 6) is 5.12. The van der Waals surface area contributed by atoms with Crippen molar-refractivity contribution in [3.05, 3.63) is 35.1 Å². The first-order valence-corrected chi connectivity index (χ1v) is 6.88. The molecule has 1 saturated carbocycles. The molecule has 0 aliphatic heterocycles. The predicted octanol–water partition coefficient (Wildman–Crippen LogP) is 2.99. The molecule has 2 nitrogen and oxygen atoms in total. The molecule has 19 heavy (non-hydrogen) atoms. The standard InChI is InChI=1S/C16H20FNO/c17-16-9-8-13(11-14(16)5-4-10-18)12-19-15-6-2-1-3-7-15/h8-9,11,15H,1-3,6-7,10,12,18H2. The van der Waals surface area contributed by atoms with Gasteiger partial charge in [-0.15, -0.1) is 0 Å². The van der Waals surface area contributed by atoms with E-state index in [-0.39, 0.29) is 12.4 Å². The number of ether oxygens (including phenoxy) is 1. The lowest BCUT2D eigenvalue weighted by Crippen LogP contribution is -2.16. The largest absolute Gasteiger partial charge is 0.374 e. The normalized spacial score (nSPS) is 15.9. The third kappa shape index (κ3) is 4.34. The Balaban J connectivity index is 1.96. The van der Waals surface area contributed by atoms with Gasteiger partial charge in [0.2, 0.25) is 0 Å². The molecular formula is C16H20FNO. The second-order valence-corrected chi connectivity index (χ2v) is 4.89. The maximum absolute atomic E-state index is 13.5. The van der Waals surface area contributed by atoms with Crippen molar-refractivity contribution in [2.45, 2.75) is 44.8 Å². The molecule has 0 radical (unpaired) electrons. The van der Waals surface area contributed by atoms with Crippen molar-refractivity contribution in [3.63, 3.8) is 0 Å². The average Bonchev–Trinajstić information content (AvgIpc) is 2.46. The van der Waals surface area contributed by atoms with E-state index in [1.807, 2.05) is 0 Å². The number of benzene rings is 1. The predicted molar refractivity (Wildman–Crippen MR) is 74.0 cm³/mol. The van der Waals surface area contributed by atoms with Crippen LogP contribution in [0.1, 0.15) is 43.2 Å². The van der Waals surface area contributed by atoms with Gasteiger partial charge in [0, 0.05) is 0 Å². The summed E-state index contributed by atoms with van der Waals surface area (Å²) in [7, 11) is 0. The van der Waals surface area contributed by atoms with Gasteiger partial charge in [-0.2, -0.15) is 0 Å². The highest BCUT2D eigenvalue weighted by molar-refractivity contribution is 5.38. The molecule has 0 unspecified atom stereocenters. The number of hydrogen-bond donors (Lipinski definition) is 1. The van der Waals surface area contributed by atoms with Gasteiger partial charge in [-0.25, -0.2) is 4.39 Å². The summed E-state index contributed by atoms with van der Waals surface area (Å²) < 4.78 is 19.4. The maximum atomic E-state index is 13.5. The number of halogens is 1. The molecule has 1 aromatic carbocycles. The van der Waals surface area contributed by atoms with Gasteiger partial charge in [0.15, 0.2) is 0 Å². The molecule has 3 heteroatoms. The van der Waals surface area contributed by atoms with E-state index in [1.54, 1.807) is 12.1 Å². The summed E-state index contributed by atoms with van der Waals surface area (Å²) in [6, 6.07) is 4.95. The number of hydrogen-bond acceptors (Lipinski definition) is 2. The summed E-state index contributed by atoms with van der Waals surface area (Å²) in [4.78, 5) is 0. The van der Waals surface area contributed by atoms with Crippen LogP contribution >= 0.6 is 0 Å². The fraction of sp³-hybridized carbons (Fsp3) is 0.500. The van der Waals surface area contributed by atoms with E-state index < -0.39 is 0 Å². The summed E-state index contributed by atoms with van der Waals surface area (Å²) in [6.45, 7) is 0.768. The zero-order valence-electron chi connectivity index (χ0n) is 11.1. The van der Waals surface area contributed by atoms with Gasteiger partial charge < -0.3 is 10.5 Å². The van der Waals surface area contributed by atoms with Crippen molar-refractivity contribution in [3.8, 4) is 11.8 Å². The molecule has 0 atom stereocenters. The van der Waals surface area contributed by atoms with Gasteiger partial charge >= 0.3 is 0 Å². The lowest BCUT2D eigenvalue weighted by atomic mass is 9.98. The smallest absolute Gasteiger partial charge is 0.138 e. The number of nitrogens with two attached hydrogens (primary N) is 1. The zero-order chi connectivity index (χ0) is 13.5. The second kappa shape index (κ2) is 7.28. The molecule has 2 rings (SSSR count). The van der Waals surface area contributed by atoms with E-state index in [9.17, 15) is 4.39 Å². The fourth-order valence-corrected chi connectivity index (χ4v) is 2.35. The van der Waals surface area contributed by atoms with E-state index in [4.69, 9.17) is 10.5 Å². The molecule has 1 fully saturated rings. The van der Waals surface area contributed by atoms with E-state index in [1.165, 1.54) is 25.3 Å². The van der Waals surface area contributed by atoms with Crippen LogP contribution in [-0.2, 0) is 11.3 Å². The molecule has 0 spiro atoms. The quantitative estimate of drug-likeness (QED) is 0.849. The summed E-state index contributed by atoms with van der Waals surface area (Å²) in [5, 5.41) is 0. The molecule has 0 aromatic heterocycles. The number of rotatable bonds is 3. The molecule has 0 bridgehead atoms. The zero-order valence-corrected chi connectivity index (χ0v) is 11.1. The molecule has 1 aliphatic carbocycles. The molecule has 2 N–H and O–H groups in total. The highest BCUT2D eigenvalue weighted by Gasteiger charge is 2.13. The third-order valence-corrected chi connectivity index (χ3v) is 3.39. The van der Waals surface area contributed by atoms with Crippen LogP contribution in [0.25, 0.3) is 0 Å². The van der Waals surface area contributed by atoms with Crippen molar-refractivity contribution >= 4 is 0 Å². The van der Waals surface area contributed by atoms with Crippen molar-refractivity contribution in [2.24, 2.45) is 5.73 Å². The first-order chi connectivity index (χ1) is 9.29. The van der Waals surface area contributed by atoms with Gasteiger partial charge in [-0.3, -0.25) is 0 Å². The first-order valence-electron chi connectivity index (χ1n) is 6.88. The molecule has 0 amide bonds. The van der Waals surface area contributed by atoms with Crippen molar-refractivity contribution in [1.29, 1.82) is 0 Å².